The molecule has 4 unspecified atom stereocenters. The van der Waals surface area contributed by atoms with Crippen molar-refractivity contribution in [3.05, 3.63) is 12.2 Å². The first-order valence-electron chi connectivity index (χ1n) is 11.3. The largest absolute Gasteiger partial charge is 0.462 e. The van der Waals surface area contributed by atoms with Crippen molar-refractivity contribution < 1.29 is 29.6 Å². The fourth-order valence-electron chi connectivity index (χ4n) is 3.28. The monoisotopic (exact) mass is 414 g/mol. The molecule has 6 heteroatoms. The lowest BCUT2D eigenvalue weighted by Gasteiger charge is -2.23. The fourth-order valence-corrected chi connectivity index (χ4v) is 3.28. The van der Waals surface area contributed by atoms with E-state index in [4.69, 9.17) is 14.6 Å². The van der Waals surface area contributed by atoms with E-state index in [1.54, 1.807) is 0 Å². The van der Waals surface area contributed by atoms with Crippen molar-refractivity contribution in [3.63, 3.8) is 0 Å². The molecule has 3 N–H and O–H groups in total. The molecule has 4 atom stereocenters. The Bertz CT molecular complexity index is 476. The van der Waals surface area contributed by atoms with Gasteiger partial charge in [0.05, 0.1) is 24.2 Å². The molecule has 170 valence electrons. The predicted molar refractivity (Wildman–Crippen MR) is 113 cm³/mol. The van der Waals surface area contributed by atoms with Gasteiger partial charge in [-0.1, -0.05) is 64.0 Å². The minimum absolute atomic E-state index is 0.161. The number of esters is 1. The van der Waals surface area contributed by atoms with E-state index >= 15 is 0 Å². The van der Waals surface area contributed by atoms with E-state index < -0.39 is 18.1 Å². The molecule has 0 aromatic rings. The fraction of sp³-hybridized carbons (Fsp3) is 0.870. The number of rotatable bonds is 17. The minimum atomic E-state index is -1.01. The topological polar surface area (TPSA) is 99.5 Å². The van der Waals surface area contributed by atoms with Crippen LogP contribution in [0.1, 0.15) is 85.0 Å². The van der Waals surface area contributed by atoms with Crippen LogP contribution in [0.2, 0.25) is 0 Å². The summed E-state index contributed by atoms with van der Waals surface area (Å²) >= 11 is 0. The summed E-state index contributed by atoms with van der Waals surface area (Å²) in [5.41, 5.74) is -0.581. The Hall–Kier alpha value is -0.950. The second-order valence-corrected chi connectivity index (χ2v) is 8.86. The first kappa shape index (κ1) is 26.1. The Kier molecular flexibility index (Phi) is 12.7. The van der Waals surface area contributed by atoms with Gasteiger partial charge in [-0.2, -0.15) is 0 Å². The molecule has 0 spiro atoms. The maximum Gasteiger partial charge on any atom is 0.311 e. The van der Waals surface area contributed by atoms with Gasteiger partial charge in [-0.05, 0) is 33.1 Å². The molecular formula is C23H42O6. The Balaban J connectivity index is 2.05. The molecular weight excluding hydrogens is 372 g/mol. The van der Waals surface area contributed by atoms with Crippen molar-refractivity contribution in [2.24, 2.45) is 5.41 Å². The molecule has 1 fully saturated rings. The minimum Gasteiger partial charge on any atom is -0.462 e. The molecule has 0 aliphatic carbocycles. The maximum absolute atomic E-state index is 12.1. The van der Waals surface area contributed by atoms with E-state index in [1.165, 1.54) is 12.8 Å². The van der Waals surface area contributed by atoms with Crippen molar-refractivity contribution in [3.8, 4) is 0 Å². The van der Waals surface area contributed by atoms with Gasteiger partial charge in [-0.15, -0.1) is 0 Å². The molecule has 0 radical (unpaired) electrons. The first-order chi connectivity index (χ1) is 13.8. The van der Waals surface area contributed by atoms with Crippen LogP contribution in [0.4, 0.5) is 0 Å². The molecule has 6 nitrogen and oxygen atoms in total. The molecule has 0 amide bonds. The van der Waals surface area contributed by atoms with Crippen LogP contribution in [0.3, 0.4) is 0 Å². The van der Waals surface area contributed by atoms with E-state index in [1.807, 2.05) is 26.0 Å². The third-order valence-electron chi connectivity index (χ3n) is 5.46. The number of carbonyl (C=O) groups is 1. The first-order valence-corrected chi connectivity index (χ1v) is 11.3. The van der Waals surface area contributed by atoms with Gasteiger partial charge >= 0.3 is 5.97 Å². The number of carbonyl (C=O) groups excluding carboxylic acids is 1. The zero-order valence-corrected chi connectivity index (χ0v) is 18.5. The van der Waals surface area contributed by atoms with Crippen LogP contribution >= 0.6 is 0 Å². The highest BCUT2D eigenvalue weighted by Gasteiger charge is 2.35. The zero-order chi connectivity index (χ0) is 21.7. The second-order valence-electron chi connectivity index (χ2n) is 8.86. The maximum atomic E-state index is 12.1. The van der Waals surface area contributed by atoms with Gasteiger partial charge in [0.25, 0.3) is 0 Å². The predicted octanol–water partition coefficient (Wildman–Crippen LogP) is 3.51. The number of unbranched alkanes of at least 4 members (excludes halogenated alkanes) is 5. The van der Waals surface area contributed by atoms with Gasteiger partial charge in [0.2, 0.25) is 0 Å². The molecule has 0 aromatic carbocycles. The summed E-state index contributed by atoms with van der Waals surface area (Å²) in [6.45, 7) is 5.30. The van der Waals surface area contributed by atoms with E-state index in [-0.39, 0.29) is 24.8 Å². The lowest BCUT2D eigenvalue weighted by Crippen LogP contribution is -2.30. The molecule has 0 aromatic heterocycles. The summed E-state index contributed by atoms with van der Waals surface area (Å²) in [6.07, 6.45) is 13.2. The van der Waals surface area contributed by atoms with Crippen molar-refractivity contribution >= 4 is 5.97 Å². The molecule has 1 saturated heterocycles. The summed E-state index contributed by atoms with van der Waals surface area (Å²) in [7, 11) is 0. The molecule has 1 rings (SSSR count). The van der Waals surface area contributed by atoms with Crippen LogP contribution in [-0.4, -0.2) is 58.9 Å². The third kappa shape index (κ3) is 11.7. The molecule has 1 aliphatic heterocycles. The van der Waals surface area contributed by atoms with E-state index in [0.717, 1.165) is 51.4 Å². The normalized spacial score (nSPS) is 21.3. The van der Waals surface area contributed by atoms with Crippen molar-refractivity contribution in [1.82, 2.24) is 0 Å². The average Bonchev–Trinajstić information content (AvgIpc) is 3.45. The summed E-state index contributed by atoms with van der Waals surface area (Å²) < 4.78 is 10.7. The highest BCUT2D eigenvalue weighted by Crippen LogP contribution is 2.30. The lowest BCUT2D eigenvalue weighted by atomic mass is 9.87. The second kappa shape index (κ2) is 14.1. The SMILES string of the molecule is CCCCCC(O)/C=C/C1OC1CCCCCCC(C)(C)C(=O)OCC(O)CO. The standard InChI is InChI=1S/C23H42O6/c1-4-5-8-11-18(25)13-14-21-20(29-21)12-9-6-7-10-15-23(2,3)22(27)28-17-19(26)16-24/h13-14,18-21,24-26H,4-12,15-17H2,1-3H3/b14-13+. The van der Waals surface area contributed by atoms with Gasteiger partial charge in [0.1, 0.15) is 18.8 Å². The smallest absolute Gasteiger partial charge is 0.311 e. The lowest BCUT2D eigenvalue weighted by molar-refractivity contribution is -0.158. The summed E-state index contributed by atoms with van der Waals surface area (Å²) in [4.78, 5) is 12.1. The average molecular weight is 415 g/mol. The van der Waals surface area contributed by atoms with Crippen LogP contribution in [0.5, 0.6) is 0 Å². The Morgan fingerprint density at radius 2 is 1.86 bits per heavy atom. The van der Waals surface area contributed by atoms with Crippen LogP contribution in [-0.2, 0) is 14.3 Å². The molecule has 0 bridgehead atoms. The van der Waals surface area contributed by atoms with Crippen LogP contribution < -0.4 is 0 Å². The zero-order valence-electron chi connectivity index (χ0n) is 18.5. The van der Waals surface area contributed by atoms with E-state index in [2.05, 4.69) is 6.92 Å². The Morgan fingerprint density at radius 3 is 2.55 bits per heavy atom. The van der Waals surface area contributed by atoms with E-state index in [0.29, 0.717) is 6.10 Å². The third-order valence-corrected chi connectivity index (χ3v) is 5.46. The number of aliphatic hydroxyl groups is 3. The van der Waals surface area contributed by atoms with Crippen molar-refractivity contribution in [1.29, 1.82) is 0 Å². The van der Waals surface area contributed by atoms with Crippen LogP contribution in [0, 0.1) is 5.41 Å². The molecule has 0 saturated carbocycles. The summed E-state index contributed by atoms with van der Waals surface area (Å²) in [5, 5.41) is 27.9. The molecule has 29 heavy (non-hydrogen) atoms. The highest BCUT2D eigenvalue weighted by atomic mass is 16.6. The van der Waals surface area contributed by atoms with Gasteiger partial charge in [0, 0.05) is 0 Å². The van der Waals surface area contributed by atoms with Gasteiger partial charge in [-0.25, -0.2) is 0 Å². The number of hydrogen-bond acceptors (Lipinski definition) is 6. The van der Waals surface area contributed by atoms with Crippen LogP contribution in [0.15, 0.2) is 12.2 Å². The van der Waals surface area contributed by atoms with Crippen LogP contribution in [0.25, 0.3) is 0 Å². The molecule has 1 heterocycles. The van der Waals surface area contributed by atoms with Crippen molar-refractivity contribution in [2.75, 3.05) is 13.2 Å². The van der Waals surface area contributed by atoms with Gasteiger partial charge in [-0.3, -0.25) is 4.79 Å². The Morgan fingerprint density at radius 1 is 1.14 bits per heavy atom. The van der Waals surface area contributed by atoms with Crippen molar-refractivity contribution in [2.45, 2.75) is 109 Å². The molecule has 1 aliphatic rings. The highest BCUT2D eigenvalue weighted by molar-refractivity contribution is 5.75. The summed E-state index contributed by atoms with van der Waals surface area (Å²) in [5.74, 6) is -0.331. The van der Waals surface area contributed by atoms with E-state index in [9.17, 15) is 15.0 Å². The number of ether oxygens (including phenoxy) is 2. The van der Waals surface area contributed by atoms with Gasteiger partial charge < -0.3 is 24.8 Å². The quantitative estimate of drug-likeness (QED) is 0.146. The number of hydrogen-bond donors (Lipinski definition) is 3. The number of aliphatic hydroxyl groups excluding tert-OH is 3. The van der Waals surface area contributed by atoms with Gasteiger partial charge in [0.15, 0.2) is 0 Å². The Labute approximate surface area is 176 Å². The summed E-state index contributed by atoms with van der Waals surface area (Å²) in [6, 6.07) is 0. The number of epoxide rings is 1.